The molecule has 0 atom stereocenters. The fourth-order valence-electron chi connectivity index (χ4n) is 8.02. The molecule has 4 nitrogen and oxygen atoms in total. The van der Waals surface area contributed by atoms with Gasteiger partial charge < -0.3 is 4.42 Å². The Kier molecular flexibility index (Phi) is 7.14. The first-order chi connectivity index (χ1) is 27.2. The lowest BCUT2D eigenvalue weighted by Crippen LogP contribution is -1.96. The zero-order chi connectivity index (χ0) is 36.3. The molecule has 0 saturated heterocycles. The average Bonchev–Trinajstić information content (AvgIpc) is 3.65. The molecule has 3 aromatic heterocycles. The van der Waals surface area contributed by atoms with Crippen LogP contribution in [0.25, 0.3) is 110 Å². The van der Waals surface area contributed by atoms with E-state index in [9.17, 15) is 0 Å². The van der Waals surface area contributed by atoms with E-state index < -0.39 is 0 Å². The molecule has 0 aliphatic rings. The van der Waals surface area contributed by atoms with Crippen molar-refractivity contribution >= 4 is 54.3 Å². The van der Waals surface area contributed by atoms with Gasteiger partial charge in [-0.05, 0) is 91.0 Å². The number of nitrogens with zero attached hydrogens (tertiary/aromatic N) is 3. The van der Waals surface area contributed by atoms with Crippen LogP contribution < -0.4 is 0 Å². The molecule has 0 amide bonds. The van der Waals surface area contributed by atoms with Crippen molar-refractivity contribution in [1.82, 2.24) is 15.0 Å². The van der Waals surface area contributed by atoms with Gasteiger partial charge in [0.25, 0.3) is 0 Å². The van der Waals surface area contributed by atoms with Crippen LogP contribution in [0.1, 0.15) is 0 Å². The minimum atomic E-state index is 0.676. The van der Waals surface area contributed by atoms with Crippen LogP contribution in [0.2, 0.25) is 0 Å². The van der Waals surface area contributed by atoms with Gasteiger partial charge in [0.05, 0.1) is 11.4 Å². The van der Waals surface area contributed by atoms with Crippen molar-refractivity contribution < 1.29 is 4.42 Å². The van der Waals surface area contributed by atoms with Crippen LogP contribution in [-0.4, -0.2) is 15.0 Å². The van der Waals surface area contributed by atoms with Crippen molar-refractivity contribution in [2.24, 2.45) is 0 Å². The molecule has 0 spiro atoms. The highest BCUT2D eigenvalue weighted by atomic mass is 16.3. The monoisotopic (exact) mass is 701 g/mol. The number of para-hydroxylation sites is 1. The molecule has 11 rings (SSSR count). The Balaban J connectivity index is 1.04. The summed E-state index contributed by atoms with van der Waals surface area (Å²) in [5.41, 5.74) is 11.0. The van der Waals surface area contributed by atoms with Crippen LogP contribution >= 0.6 is 0 Å². The van der Waals surface area contributed by atoms with Crippen molar-refractivity contribution in [3.63, 3.8) is 0 Å². The summed E-state index contributed by atoms with van der Waals surface area (Å²) in [5.74, 6) is 0.676. The van der Waals surface area contributed by atoms with Crippen molar-refractivity contribution in [2.75, 3.05) is 0 Å². The first-order valence-electron chi connectivity index (χ1n) is 18.5. The van der Waals surface area contributed by atoms with Gasteiger partial charge >= 0.3 is 0 Å². The van der Waals surface area contributed by atoms with Crippen LogP contribution in [0.3, 0.4) is 0 Å². The van der Waals surface area contributed by atoms with Gasteiger partial charge in [-0.3, -0.25) is 4.98 Å². The number of hydrogen-bond acceptors (Lipinski definition) is 4. The second kappa shape index (κ2) is 12.6. The highest BCUT2D eigenvalue weighted by molar-refractivity contribution is 6.25. The molecule has 0 aliphatic carbocycles. The van der Waals surface area contributed by atoms with Crippen LogP contribution in [0, 0.1) is 0 Å². The van der Waals surface area contributed by atoms with E-state index in [-0.39, 0.29) is 0 Å². The molecule has 3 heterocycles. The molecule has 0 radical (unpaired) electrons. The van der Waals surface area contributed by atoms with E-state index in [2.05, 4.69) is 163 Å². The zero-order valence-corrected chi connectivity index (χ0v) is 29.6. The minimum Gasteiger partial charge on any atom is -0.456 e. The predicted molar refractivity (Wildman–Crippen MR) is 227 cm³/mol. The number of rotatable bonds is 5. The van der Waals surface area contributed by atoms with E-state index in [1.807, 2.05) is 24.4 Å². The van der Waals surface area contributed by atoms with Gasteiger partial charge in [-0.2, -0.15) is 0 Å². The molecule has 0 fully saturated rings. The van der Waals surface area contributed by atoms with Crippen LogP contribution in [0.5, 0.6) is 0 Å². The van der Waals surface area contributed by atoms with E-state index >= 15 is 0 Å². The largest absolute Gasteiger partial charge is 0.456 e. The molecule has 0 bridgehead atoms. The Morgan fingerprint density at radius 3 is 1.51 bits per heavy atom. The standard InChI is InChI=1S/C51H31N3O/c1-2-11-41-39(9-1)40-10-3-4-12-42(40)45-29-37(23-25-43(41)45)48-30-47(53-51(54-48)35-21-17-33(18-22-35)38-8-7-27-52-31-38)34-19-15-32(16-20-34)36-24-26-50-46(28-36)44-13-5-6-14-49(44)55-50/h1-31H. The maximum Gasteiger partial charge on any atom is 0.160 e. The van der Waals surface area contributed by atoms with Gasteiger partial charge in [0.2, 0.25) is 0 Å². The Morgan fingerprint density at radius 2 is 0.818 bits per heavy atom. The van der Waals surface area contributed by atoms with Gasteiger partial charge in [-0.1, -0.05) is 140 Å². The molecular weight excluding hydrogens is 671 g/mol. The highest BCUT2D eigenvalue weighted by Gasteiger charge is 2.15. The lowest BCUT2D eigenvalue weighted by atomic mass is 9.92. The van der Waals surface area contributed by atoms with Crippen molar-refractivity contribution in [2.45, 2.75) is 0 Å². The van der Waals surface area contributed by atoms with E-state index in [0.717, 1.165) is 72.3 Å². The number of pyridine rings is 1. The minimum absolute atomic E-state index is 0.676. The Hall–Kier alpha value is -7.43. The number of aromatic nitrogens is 3. The molecular formula is C51H31N3O. The van der Waals surface area contributed by atoms with Crippen molar-refractivity contribution in [1.29, 1.82) is 0 Å². The number of furan rings is 1. The second-order valence-electron chi connectivity index (χ2n) is 14.0. The molecule has 4 heteroatoms. The van der Waals surface area contributed by atoms with Crippen LogP contribution in [-0.2, 0) is 0 Å². The lowest BCUT2D eigenvalue weighted by molar-refractivity contribution is 0.669. The predicted octanol–water partition coefficient (Wildman–Crippen LogP) is 13.6. The summed E-state index contributed by atoms with van der Waals surface area (Å²) in [6.45, 7) is 0. The summed E-state index contributed by atoms with van der Waals surface area (Å²) < 4.78 is 6.09. The number of benzene rings is 8. The van der Waals surface area contributed by atoms with E-state index in [1.165, 1.54) is 32.3 Å². The van der Waals surface area contributed by atoms with E-state index in [0.29, 0.717) is 5.82 Å². The van der Waals surface area contributed by atoms with Crippen LogP contribution in [0.4, 0.5) is 0 Å². The molecule has 0 saturated carbocycles. The van der Waals surface area contributed by atoms with E-state index in [4.69, 9.17) is 14.4 Å². The Morgan fingerprint density at radius 1 is 0.309 bits per heavy atom. The summed E-state index contributed by atoms with van der Waals surface area (Å²) in [6.07, 6.45) is 3.68. The average molecular weight is 702 g/mol. The Bertz CT molecular complexity index is 3200. The third kappa shape index (κ3) is 5.34. The number of fused-ring (bicyclic) bond motifs is 9. The first-order valence-corrected chi connectivity index (χ1v) is 18.5. The van der Waals surface area contributed by atoms with Crippen LogP contribution in [0.15, 0.2) is 193 Å². The zero-order valence-electron chi connectivity index (χ0n) is 29.6. The van der Waals surface area contributed by atoms with Gasteiger partial charge in [0.15, 0.2) is 5.82 Å². The van der Waals surface area contributed by atoms with Crippen molar-refractivity contribution in [3.05, 3.63) is 188 Å². The lowest BCUT2D eigenvalue weighted by Gasteiger charge is -2.13. The SMILES string of the molecule is c1cncc(-c2ccc(-c3nc(-c4ccc(-c5ccc6oc7ccccc7c6c5)cc4)cc(-c4ccc5c6ccccc6c6ccccc6c5c4)n3)cc2)c1. The summed E-state index contributed by atoms with van der Waals surface area (Å²) in [5, 5.41) is 9.68. The normalized spacial score (nSPS) is 11.6. The fourth-order valence-corrected chi connectivity index (χ4v) is 8.02. The molecule has 8 aromatic carbocycles. The third-order valence-electron chi connectivity index (χ3n) is 10.8. The van der Waals surface area contributed by atoms with Gasteiger partial charge in [0.1, 0.15) is 11.2 Å². The van der Waals surface area contributed by atoms with Gasteiger partial charge in [0, 0.05) is 39.9 Å². The number of hydrogen-bond donors (Lipinski definition) is 0. The summed E-state index contributed by atoms with van der Waals surface area (Å²) in [6, 6.07) is 62.0. The topological polar surface area (TPSA) is 51.8 Å². The van der Waals surface area contributed by atoms with Crippen molar-refractivity contribution in [3.8, 4) is 56.2 Å². The first kappa shape index (κ1) is 31.1. The smallest absolute Gasteiger partial charge is 0.160 e. The molecule has 0 aliphatic heterocycles. The molecule has 0 N–H and O–H groups in total. The second-order valence-corrected chi connectivity index (χ2v) is 14.0. The summed E-state index contributed by atoms with van der Waals surface area (Å²) in [4.78, 5) is 14.7. The summed E-state index contributed by atoms with van der Waals surface area (Å²) in [7, 11) is 0. The molecule has 11 aromatic rings. The summed E-state index contributed by atoms with van der Waals surface area (Å²) >= 11 is 0. The van der Waals surface area contributed by atoms with Gasteiger partial charge in [-0.15, -0.1) is 0 Å². The molecule has 55 heavy (non-hydrogen) atoms. The molecule has 0 unspecified atom stereocenters. The quantitative estimate of drug-likeness (QED) is 0.168. The fraction of sp³-hybridized carbons (Fsp3) is 0. The maximum atomic E-state index is 6.09. The highest BCUT2D eigenvalue weighted by Crippen LogP contribution is 2.38. The Labute approximate surface area is 317 Å². The third-order valence-corrected chi connectivity index (χ3v) is 10.8. The van der Waals surface area contributed by atoms with E-state index in [1.54, 1.807) is 6.20 Å². The molecule has 256 valence electrons. The van der Waals surface area contributed by atoms with Gasteiger partial charge in [-0.25, -0.2) is 9.97 Å². The maximum absolute atomic E-state index is 6.09.